The van der Waals surface area contributed by atoms with E-state index in [4.69, 9.17) is 4.74 Å². The van der Waals surface area contributed by atoms with E-state index in [1.165, 1.54) is 70.6 Å². The van der Waals surface area contributed by atoms with Gasteiger partial charge in [0.2, 0.25) is 0 Å². The molecule has 0 saturated heterocycles. The number of hydrogen-bond acceptors (Lipinski definition) is 3. The van der Waals surface area contributed by atoms with E-state index >= 15 is 0 Å². The van der Waals surface area contributed by atoms with Gasteiger partial charge in [-0.2, -0.15) is 0 Å². The van der Waals surface area contributed by atoms with Crippen LogP contribution in [0.5, 0.6) is 0 Å². The van der Waals surface area contributed by atoms with Crippen molar-refractivity contribution in [3.63, 3.8) is 0 Å². The fourth-order valence-corrected chi connectivity index (χ4v) is 4.27. The average molecular weight is 423 g/mol. The Balaban J connectivity index is 1.97. The first-order chi connectivity index (χ1) is 14.4. The lowest BCUT2D eigenvalue weighted by molar-refractivity contribution is -0.161. The van der Waals surface area contributed by atoms with Crippen LogP contribution in [0.25, 0.3) is 0 Å². The second-order valence-corrected chi connectivity index (χ2v) is 9.60. The molecule has 174 valence electrons. The van der Waals surface area contributed by atoms with Crippen molar-refractivity contribution in [2.24, 2.45) is 17.8 Å². The predicted molar refractivity (Wildman–Crippen MR) is 123 cm³/mol. The molecular formula is C26H46O4. The van der Waals surface area contributed by atoms with Gasteiger partial charge < -0.3 is 9.84 Å². The van der Waals surface area contributed by atoms with Crippen molar-refractivity contribution in [1.82, 2.24) is 0 Å². The fraction of sp³-hybridized carbons (Fsp3) is 0.846. The molecule has 3 unspecified atom stereocenters. The minimum atomic E-state index is -0.903. The molecule has 0 bridgehead atoms. The van der Waals surface area contributed by atoms with Crippen LogP contribution < -0.4 is 0 Å². The van der Waals surface area contributed by atoms with E-state index in [9.17, 15) is 14.7 Å². The summed E-state index contributed by atoms with van der Waals surface area (Å²) in [7, 11) is 0. The first kappa shape index (κ1) is 26.7. The normalized spacial score (nSPS) is 19.7. The molecule has 30 heavy (non-hydrogen) atoms. The minimum absolute atomic E-state index is 0.131. The van der Waals surface area contributed by atoms with Gasteiger partial charge in [0.1, 0.15) is 0 Å². The molecule has 1 aliphatic carbocycles. The molecule has 1 N–H and O–H groups in total. The number of ether oxygens (including phenoxy) is 1. The van der Waals surface area contributed by atoms with E-state index in [1.807, 2.05) is 19.1 Å². The summed E-state index contributed by atoms with van der Waals surface area (Å²) >= 11 is 0. The molecule has 0 aliphatic heterocycles. The van der Waals surface area contributed by atoms with Crippen LogP contribution in [0.2, 0.25) is 0 Å². The minimum Gasteiger partial charge on any atom is -0.481 e. The summed E-state index contributed by atoms with van der Waals surface area (Å²) in [6, 6.07) is 0. The van der Waals surface area contributed by atoms with E-state index in [0.29, 0.717) is 12.8 Å². The molecule has 0 radical (unpaired) electrons. The standard InChI is InChI=1S/C26H46O4/c1-21(2)17-13-11-9-7-5-4-6-8-10-12-14-18-22(3)30-26(29)24-20-16-15-19-23(24)25(27)28/h15-16,21-24H,4-14,17-20H2,1-3H3,(H,27,28). The Morgan fingerprint density at radius 3 is 1.67 bits per heavy atom. The molecule has 1 rings (SSSR count). The highest BCUT2D eigenvalue weighted by atomic mass is 16.5. The van der Waals surface area contributed by atoms with Gasteiger partial charge in [-0.15, -0.1) is 0 Å². The molecule has 1 aliphatic rings. The summed E-state index contributed by atoms with van der Waals surface area (Å²) in [5.74, 6) is -1.58. The summed E-state index contributed by atoms with van der Waals surface area (Å²) in [6.45, 7) is 6.53. The van der Waals surface area contributed by atoms with Crippen molar-refractivity contribution < 1.29 is 19.4 Å². The molecule has 0 saturated carbocycles. The number of hydrogen-bond donors (Lipinski definition) is 1. The first-order valence-corrected chi connectivity index (χ1v) is 12.5. The number of aliphatic carboxylic acids is 1. The fourth-order valence-electron chi connectivity index (χ4n) is 4.27. The highest BCUT2D eigenvalue weighted by Gasteiger charge is 2.35. The third-order valence-electron chi connectivity index (χ3n) is 6.26. The Labute approximate surface area is 184 Å². The highest BCUT2D eigenvalue weighted by Crippen LogP contribution is 2.27. The van der Waals surface area contributed by atoms with Crippen molar-refractivity contribution in [3.8, 4) is 0 Å². The molecule has 0 aromatic rings. The van der Waals surface area contributed by atoms with Gasteiger partial charge in [0.15, 0.2) is 0 Å². The molecule has 0 aromatic heterocycles. The summed E-state index contributed by atoms with van der Waals surface area (Å²) in [5, 5.41) is 9.29. The second-order valence-electron chi connectivity index (χ2n) is 9.60. The van der Waals surface area contributed by atoms with E-state index in [2.05, 4.69) is 13.8 Å². The summed E-state index contributed by atoms with van der Waals surface area (Å²) < 4.78 is 5.55. The number of esters is 1. The van der Waals surface area contributed by atoms with Crippen LogP contribution in [0, 0.1) is 17.8 Å². The quantitative estimate of drug-likeness (QED) is 0.152. The Kier molecular flexibility index (Phi) is 14.6. The van der Waals surface area contributed by atoms with Gasteiger partial charge in [0.25, 0.3) is 0 Å². The number of carboxylic acids is 1. The maximum absolute atomic E-state index is 12.4. The highest BCUT2D eigenvalue weighted by molar-refractivity contribution is 5.81. The first-order valence-electron chi connectivity index (χ1n) is 12.5. The Hall–Kier alpha value is -1.32. The molecule has 0 spiro atoms. The third-order valence-corrected chi connectivity index (χ3v) is 6.26. The topological polar surface area (TPSA) is 63.6 Å². The lowest BCUT2D eigenvalue weighted by Gasteiger charge is -2.25. The molecule has 4 nitrogen and oxygen atoms in total. The zero-order chi connectivity index (χ0) is 22.2. The zero-order valence-corrected chi connectivity index (χ0v) is 19.7. The van der Waals surface area contributed by atoms with E-state index in [-0.39, 0.29) is 12.1 Å². The monoisotopic (exact) mass is 422 g/mol. The molecule has 3 atom stereocenters. The third kappa shape index (κ3) is 12.4. The van der Waals surface area contributed by atoms with Crippen LogP contribution in [-0.4, -0.2) is 23.1 Å². The lowest BCUT2D eigenvalue weighted by Crippen LogP contribution is -2.33. The number of unbranched alkanes of at least 4 members (excludes halogenated alkanes) is 10. The van der Waals surface area contributed by atoms with Crippen molar-refractivity contribution in [2.75, 3.05) is 0 Å². The maximum atomic E-state index is 12.4. The van der Waals surface area contributed by atoms with Crippen LogP contribution in [0.3, 0.4) is 0 Å². The van der Waals surface area contributed by atoms with Crippen molar-refractivity contribution in [2.45, 2.75) is 123 Å². The van der Waals surface area contributed by atoms with Gasteiger partial charge in [0, 0.05) is 0 Å². The summed E-state index contributed by atoms with van der Waals surface area (Å²) in [6.07, 6.45) is 21.2. The van der Waals surface area contributed by atoms with E-state index < -0.39 is 17.8 Å². The number of carbonyl (C=O) groups excluding carboxylic acids is 1. The van der Waals surface area contributed by atoms with Crippen LogP contribution in [0.15, 0.2) is 12.2 Å². The van der Waals surface area contributed by atoms with Gasteiger partial charge in [-0.1, -0.05) is 96.6 Å². The van der Waals surface area contributed by atoms with E-state index in [1.54, 1.807) is 0 Å². The van der Waals surface area contributed by atoms with Crippen LogP contribution in [0.4, 0.5) is 0 Å². The van der Waals surface area contributed by atoms with Gasteiger partial charge in [-0.25, -0.2) is 0 Å². The Morgan fingerprint density at radius 1 is 0.767 bits per heavy atom. The van der Waals surface area contributed by atoms with Crippen molar-refractivity contribution in [3.05, 3.63) is 12.2 Å². The Bertz CT molecular complexity index is 497. The second kappa shape index (κ2) is 16.4. The molecule has 0 heterocycles. The number of rotatable bonds is 17. The summed E-state index contributed by atoms with van der Waals surface area (Å²) in [5.41, 5.74) is 0. The van der Waals surface area contributed by atoms with Crippen LogP contribution in [-0.2, 0) is 14.3 Å². The molecule has 4 heteroatoms. The van der Waals surface area contributed by atoms with Gasteiger partial charge in [-0.3, -0.25) is 9.59 Å². The summed E-state index contributed by atoms with van der Waals surface area (Å²) in [4.78, 5) is 23.7. The zero-order valence-electron chi connectivity index (χ0n) is 19.7. The molecule has 0 amide bonds. The predicted octanol–water partition coefficient (Wildman–Crippen LogP) is 7.31. The van der Waals surface area contributed by atoms with E-state index in [0.717, 1.165) is 18.8 Å². The number of carboxylic acid groups (broad SMARTS) is 1. The molecular weight excluding hydrogens is 376 g/mol. The average Bonchev–Trinajstić information content (AvgIpc) is 2.71. The van der Waals surface area contributed by atoms with Crippen molar-refractivity contribution in [1.29, 1.82) is 0 Å². The number of allylic oxidation sites excluding steroid dienone is 2. The smallest absolute Gasteiger partial charge is 0.310 e. The van der Waals surface area contributed by atoms with Crippen molar-refractivity contribution >= 4 is 11.9 Å². The van der Waals surface area contributed by atoms with Crippen LogP contribution >= 0.6 is 0 Å². The molecule has 0 aromatic carbocycles. The van der Waals surface area contributed by atoms with Gasteiger partial charge >= 0.3 is 11.9 Å². The lowest BCUT2D eigenvalue weighted by atomic mass is 9.83. The van der Waals surface area contributed by atoms with Gasteiger partial charge in [-0.05, 0) is 38.5 Å². The van der Waals surface area contributed by atoms with Gasteiger partial charge in [0.05, 0.1) is 17.9 Å². The maximum Gasteiger partial charge on any atom is 0.310 e. The molecule has 0 fully saturated rings. The Morgan fingerprint density at radius 2 is 1.20 bits per heavy atom. The van der Waals surface area contributed by atoms with Crippen LogP contribution in [0.1, 0.15) is 117 Å². The number of carbonyl (C=O) groups is 2. The SMILES string of the molecule is CC(C)CCCCCCCCCCCCCC(C)OC(=O)C1CC=CCC1C(=O)O. The largest absolute Gasteiger partial charge is 0.481 e.